The molecule has 3 heterocycles. The lowest BCUT2D eigenvalue weighted by atomic mass is 10.0. The van der Waals surface area contributed by atoms with Gasteiger partial charge in [0.05, 0.1) is 28.4 Å². The molecule has 0 fully saturated rings. The lowest BCUT2D eigenvalue weighted by Crippen LogP contribution is -2.20. The first kappa shape index (κ1) is 16.4. The molecule has 5 aromatic rings. The van der Waals surface area contributed by atoms with Crippen molar-refractivity contribution < 1.29 is 4.39 Å². The van der Waals surface area contributed by atoms with Gasteiger partial charge in [-0.15, -0.1) is 0 Å². The minimum atomic E-state index is -0.345. The number of rotatable bonds is 2. The zero-order valence-electron chi connectivity index (χ0n) is 15.0. The van der Waals surface area contributed by atoms with Gasteiger partial charge in [0.1, 0.15) is 5.82 Å². The fourth-order valence-electron chi connectivity index (χ4n) is 3.54. The summed E-state index contributed by atoms with van der Waals surface area (Å²) in [4.78, 5) is 21.7. The van der Waals surface area contributed by atoms with E-state index in [-0.39, 0.29) is 11.5 Å². The molecule has 0 saturated heterocycles. The Balaban J connectivity index is 1.89. The Hall–Kier alpha value is -3.80. The Bertz CT molecular complexity index is 1390. The Morgan fingerprint density at radius 2 is 1.79 bits per heavy atom. The summed E-state index contributed by atoms with van der Waals surface area (Å²) in [5.41, 5.74) is 4.60. The van der Waals surface area contributed by atoms with E-state index in [0.717, 1.165) is 27.5 Å². The normalized spacial score (nSPS) is 11.4. The van der Waals surface area contributed by atoms with Gasteiger partial charge >= 0.3 is 5.69 Å². The molecule has 3 aromatic heterocycles. The van der Waals surface area contributed by atoms with Crippen LogP contribution in [0.3, 0.4) is 0 Å². The van der Waals surface area contributed by atoms with Crippen LogP contribution < -0.4 is 5.69 Å². The van der Waals surface area contributed by atoms with E-state index in [4.69, 9.17) is 0 Å². The number of hydrogen-bond donors (Lipinski definition) is 0. The first-order valence-electron chi connectivity index (χ1n) is 8.80. The average Bonchev–Trinajstić information content (AvgIpc) is 3.00. The molecule has 5 rings (SSSR count). The van der Waals surface area contributed by atoms with Gasteiger partial charge in [0, 0.05) is 30.4 Å². The topological polar surface area (TPSA) is 52.7 Å². The van der Waals surface area contributed by atoms with Gasteiger partial charge < -0.3 is 0 Å². The molecule has 0 saturated carbocycles. The number of benzene rings is 2. The van der Waals surface area contributed by atoms with Crippen molar-refractivity contribution in [2.45, 2.75) is 0 Å². The van der Waals surface area contributed by atoms with Crippen LogP contribution in [-0.2, 0) is 7.05 Å². The fourth-order valence-corrected chi connectivity index (χ4v) is 3.54. The molecule has 0 unspecified atom stereocenters. The van der Waals surface area contributed by atoms with Gasteiger partial charge in [-0.3, -0.25) is 19.1 Å². The fraction of sp³-hybridized carbons (Fsp3) is 0.0455. The van der Waals surface area contributed by atoms with Crippen molar-refractivity contribution in [2.75, 3.05) is 0 Å². The highest BCUT2D eigenvalue weighted by Gasteiger charge is 2.16. The van der Waals surface area contributed by atoms with Gasteiger partial charge in [-0.05, 0) is 48.0 Å². The molecule has 0 aliphatic carbocycles. The van der Waals surface area contributed by atoms with Gasteiger partial charge in [0.2, 0.25) is 0 Å². The Kier molecular flexibility index (Phi) is 3.58. The summed E-state index contributed by atoms with van der Waals surface area (Å²) in [6.45, 7) is 0. The van der Waals surface area contributed by atoms with E-state index in [0.29, 0.717) is 11.2 Å². The van der Waals surface area contributed by atoms with E-state index in [1.807, 2.05) is 30.3 Å². The summed E-state index contributed by atoms with van der Waals surface area (Å²) in [6.07, 6.45) is 5.23. The van der Waals surface area contributed by atoms with Gasteiger partial charge in [-0.25, -0.2) is 9.18 Å². The quantitative estimate of drug-likeness (QED) is 0.471. The van der Waals surface area contributed by atoms with Crippen LogP contribution in [0, 0.1) is 5.82 Å². The zero-order valence-corrected chi connectivity index (χ0v) is 15.0. The second-order valence-electron chi connectivity index (χ2n) is 6.62. The minimum Gasteiger partial charge on any atom is -0.293 e. The second-order valence-corrected chi connectivity index (χ2v) is 6.62. The molecule has 0 bridgehead atoms. The second kappa shape index (κ2) is 6.13. The van der Waals surface area contributed by atoms with Crippen molar-refractivity contribution in [2.24, 2.45) is 7.05 Å². The van der Waals surface area contributed by atoms with Crippen LogP contribution in [0.4, 0.5) is 4.39 Å². The molecule has 28 heavy (non-hydrogen) atoms. The maximum atomic E-state index is 13.4. The van der Waals surface area contributed by atoms with E-state index in [9.17, 15) is 9.18 Å². The summed E-state index contributed by atoms with van der Waals surface area (Å²) in [5, 5.41) is 0.848. The van der Waals surface area contributed by atoms with Crippen LogP contribution in [-0.4, -0.2) is 19.1 Å². The predicted octanol–water partition coefficient (Wildman–Crippen LogP) is 4.08. The minimum absolute atomic E-state index is 0.206. The summed E-state index contributed by atoms with van der Waals surface area (Å²) >= 11 is 0. The van der Waals surface area contributed by atoms with Crippen LogP contribution in [0.1, 0.15) is 0 Å². The number of aryl methyl sites for hydroxylation is 1. The Morgan fingerprint density at radius 1 is 0.964 bits per heavy atom. The smallest absolute Gasteiger partial charge is 0.293 e. The lowest BCUT2D eigenvalue weighted by molar-refractivity contribution is 0.627. The van der Waals surface area contributed by atoms with Crippen LogP contribution in [0.5, 0.6) is 0 Å². The number of imidazole rings is 1. The summed E-state index contributed by atoms with van der Waals surface area (Å²) in [5.74, 6) is -0.345. The van der Waals surface area contributed by atoms with Crippen molar-refractivity contribution in [3.63, 3.8) is 0 Å². The molecule has 136 valence electrons. The van der Waals surface area contributed by atoms with E-state index < -0.39 is 0 Å². The van der Waals surface area contributed by atoms with Gasteiger partial charge in [0.25, 0.3) is 0 Å². The number of aromatic nitrogens is 4. The Morgan fingerprint density at radius 3 is 2.54 bits per heavy atom. The van der Waals surface area contributed by atoms with Crippen molar-refractivity contribution in [3.8, 4) is 16.8 Å². The Labute approximate surface area is 159 Å². The largest absolute Gasteiger partial charge is 0.333 e. The van der Waals surface area contributed by atoms with E-state index in [1.54, 1.807) is 46.9 Å². The monoisotopic (exact) mass is 370 g/mol. The van der Waals surface area contributed by atoms with E-state index in [2.05, 4.69) is 9.97 Å². The summed E-state index contributed by atoms with van der Waals surface area (Å²) in [6, 6.07) is 15.7. The highest BCUT2D eigenvalue weighted by Crippen LogP contribution is 2.29. The molecular weight excluding hydrogens is 355 g/mol. The van der Waals surface area contributed by atoms with Crippen molar-refractivity contribution in [1.29, 1.82) is 0 Å². The molecule has 0 amide bonds. The van der Waals surface area contributed by atoms with E-state index in [1.165, 1.54) is 12.1 Å². The first-order chi connectivity index (χ1) is 13.6. The van der Waals surface area contributed by atoms with Crippen LogP contribution >= 0.6 is 0 Å². The molecule has 0 aliphatic heterocycles. The molecule has 0 radical (unpaired) electrons. The van der Waals surface area contributed by atoms with Crippen molar-refractivity contribution >= 4 is 21.9 Å². The molecular formula is C22H15FN4O. The average molecular weight is 370 g/mol. The highest BCUT2D eigenvalue weighted by molar-refractivity contribution is 6.04. The molecule has 0 N–H and O–H groups in total. The van der Waals surface area contributed by atoms with Crippen LogP contribution in [0.15, 0.2) is 78.0 Å². The third-order valence-electron chi connectivity index (χ3n) is 4.96. The molecule has 5 nitrogen and oxygen atoms in total. The number of hydrogen-bond acceptors (Lipinski definition) is 3. The predicted molar refractivity (Wildman–Crippen MR) is 107 cm³/mol. The maximum Gasteiger partial charge on any atom is 0.333 e. The molecule has 0 atom stereocenters. The summed E-state index contributed by atoms with van der Waals surface area (Å²) in [7, 11) is 1.71. The van der Waals surface area contributed by atoms with Crippen molar-refractivity contribution in [1.82, 2.24) is 19.1 Å². The van der Waals surface area contributed by atoms with E-state index >= 15 is 0 Å². The maximum absolute atomic E-state index is 13.4. The van der Waals surface area contributed by atoms with Crippen molar-refractivity contribution in [3.05, 3.63) is 89.5 Å². The standard InChI is InChI=1S/C22H15FN4O/c1-26-20-13-25-19-9-4-14(15-3-2-10-24-12-15)11-18(19)21(20)27(22(26)28)17-7-5-16(23)6-8-17/h2-13H,1H3. The van der Waals surface area contributed by atoms with Crippen LogP contribution in [0.2, 0.25) is 0 Å². The zero-order chi connectivity index (χ0) is 19.3. The number of halogens is 1. The first-order valence-corrected chi connectivity index (χ1v) is 8.80. The highest BCUT2D eigenvalue weighted by atomic mass is 19.1. The number of fused-ring (bicyclic) bond motifs is 3. The van der Waals surface area contributed by atoms with Gasteiger partial charge in [0.15, 0.2) is 0 Å². The number of pyridine rings is 2. The van der Waals surface area contributed by atoms with Gasteiger partial charge in [-0.1, -0.05) is 12.1 Å². The third-order valence-corrected chi connectivity index (χ3v) is 4.96. The SMILES string of the molecule is Cn1c(=O)n(-c2ccc(F)cc2)c2c3cc(-c4cccnc4)ccc3ncc21. The lowest BCUT2D eigenvalue weighted by Gasteiger charge is -2.08. The van der Waals surface area contributed by atoms with Crippen LogP contribution in [0.25, 0.3) is 38.8 Å². The molecule has 6 heteroatoms. The molecule has 2 aromatic carbocycles. The number of nitrogens with zero attached hydrogens (tertiary/aromatic N) is 4. The third kappa shape index (κ3) is 2.42. The van der Waals surface area contributed by atoms with Gasteiger partial charge in [-0.2, -0.15) is 0 Å². The molecule has 0 spiro atoms. The molecule has 0 aliphatic rings. The summed E-state index contributed by atoms with van der Waals surface area (Å²) < 4.78 is 16.6.